The number of carbonyl (C=O) groups excluding carboxylic acids is 2. The molecule has 2 N–H and O–H groups in total. The van der Waals surface area contributed by atoms with Crippen molar-refractivity contribution >= 4 is 11.8 Å². The molecule has 0 radical (unpaired) electrons. The van der Waals surface area contributed by atoms with E-state index in [1.165, 1.54) is 9.80 Å². The number of carbonyl (C=O) groups is 2. The van der Waals surface area contributed by atoms with Gasteiger partial charge in [0.05, 0.1) is 19.2 Å². The summed E-state index contributed by atoms with van der Waals surface area (Å²) in [5.74, 6) is -0.210. The van der Waals surface area contributed by atoms with Crippen LogP contribution in [0.1, 0.15) is 0 Å². The zero-order chi connectivity index (χ0) is 11.4. The van der Waals surface area contributed by atoms with Gasteiger partial charge in [0.1, 0.15) is 0 Å². The van der Waals surface area contributed by atoms with E-state index in [4.69, 9.17) is 0 Å². The average molecular weight is 215 g/mol. The molecule has 1 saturated heterocycles. The van der Waals surface area contributed by atoms with Gasteiger partial charge in [-0.3, -0.25) is 9.59 Å². The van der Waals surface area contributed by atoms with Gasteiger partial charge in [-0.1, -0.05) is 0 Å². The lowest BCUT2D eigenvalue weighted by atomic mass is 10.2. The molecule has 0 spiro atoms. The van der Waals surface area contributed by atoms with Gasteiger partial charge in [0.2, 0.25) is 11.8 Å². The maximum atomic E-state index is 11.5. The molecule has 86 valence electrons. The van der Waals surface area contributed by atoms with E-state index in [-0.39, 0.29) is 31.4 Å². The molecule has 0 aromatic heterocycles. The Bertz CT molecular complexity index is 257. The summed E-state index contributed by atoms with van der Waals surface area (Å²) < 4.78 is 0. The molecular weight excluding hydrogens is 198 g/mol. The van der Waals surface area contributed by atoms with Crippen LogP contribution in [-0.2, 0) is 9.59 Å². The second-order valence-electron chi connectivity index (χ2n) is 3.74. The Morgan fingerprint density at radius 3 is 2.67 bits per heavy atom. The molecule has 6 heteroatoms. The summed E-state index contributed by atoms with van der Waals surface area (Å²) in [5, 5.41) is 12.3. The summed E-state index contributed by atoms with van der Waals surface area (Å²) in [6.45, 7) is 0.786. The van der Waals surface area contributed by atoms with Gasteiger partial charge < -0.3 is 20.2 Å². The number of nitrogens with zero attached hydrogens (tertiary/aromatic N) is 2. The molecule has 6 nitrogen and oxygen atoms in total. The Balaban J connectivity index is 2.48. The van der Waals surface area contributed by atoms with Crippen LogP contribution < -0.4 is 5.32 Å². The van der Waals surface area contributed by atoms with Gasteiger partial charge in [-0.05, 0) is 7.05 Å². The van der Waals surface area contributed by atoms with Gasteiger partial charge in [0.25, 0.3) is 0 Å². The molecule has 1 fully saturated rings. The van der Waals surface area contributed by atoms with Gasteiger partial charge in [-0.2, -0.15) is 0 Å². The van der Waals surface area contributed by atoms with E-state index in [2.05, 4.69) is 5.32 Å². The van der Waals surface area contributed by atoms with Crippen molar-refractivity contribution < 1.29 is 14.7 Å². The van der Waals surface area contributed by atoms with Crippen molar-refractivity contribution in [3.05, 3.63) is 0 Å². The highest BCUT2D eigenvalue weighted by Crippen LogP contribution is 2.03. The standard InChI is InChI=1S/C9H17N3O3/c1-10-3-7(13)4-12-6-8(14)11(2)5-9(12)15/h7,10,13H,3-6H2,1-2H3. The maximum Gasteiger partial charge on any atom is 0.242 e. The molecule has 1 atom stereocenters. The average Bonchev–Trinajstić information content (AvgIpc) is 2.14. The predicted octanol–water partition coefficient (Wildman–Crippen LogP) is -2.13. The molecule has 0 saturated carbocycles. The molecule has 0 aliphatic carbocycles. The third-order valence-electron chi connectivity index (χ3n) is 2.35. The second kappa shape index (κ2) is 5.09. The van der Waals surface area contributed by atoms with E-state index < -0.39 is 6.10 Å². The zero-order valence-corrected chi connectivity index (χ0v) is 9.06. The number of β-amino-alcohol motifs (C(OH)–C–C–N with tert-alkyl or cyclic N) is 1. The van der Waals surface area contributed by atoms with E-state index in [9.17, 15) is 14.7 Å². The molecule has 0 aromatic rings. The molecule has 1 unspecified atom stereocenters. The van der Waals surface area contributed by atoms with E-state index >= 15 is 0 Å². The van der Waals surface area contributed by atoms with Gasteiger partial charge in [0, 0.05) is 20.1 Å². The van der Waals surface area contributed by atoms with E-state index in [0.29, 0.717) is 6.54 Å². The minimum Gasteiger partial charge on any atom is -0.390 e. The fourth-order valence-electron chi connectivity index (χ4n) is 1.48. The number of hydrogen-bond donors (Lipinski definition) is 2. The SMILES string of the molecule is CNCC(O)CN1CC(=O)N(C)CC1=O. The fourth-order valence-corrected chi connectivity index (χ4v) is 1.48. The van der Waals surface area contributed by atoms with Crippen LogP contribution in [0.5, 0.6) is 0 Å². The van der Waals surface area contributed by atoms with Crippen LogP contribution in [0.3, 0.4) is 0 Å². The Labute approximate surface area is 88.8 Å². The van der Waals surface area contributed by atoms with Gasteiger partial charge >= 0.3 is 0 Å². The van der Waals surface area contributed by atoms with Crippen LogP contribution in [-0.4, -0.2) is 73.1 Å². The molecular formula is C9H17N3O3. The first-order chi connectivity index (χ1) is 7.04. The monoisotopic (exact) mass is 215 g/mol. The minimum atomic E-state index is -0.629. The lowest BCUT2D eigenvalue weighted by Gasteiger charge is -2.32. The summed E-state index contributed by atoms with van der Waals surface area (Å²) in [7, 11) is 3.32. The van der Waals surface area contributed by atoms with Crippen LogP contribution in [0, 0.1) is 0 Å². The van der Waals surface area contributed by atoms with Crippen LogP contribution in [0.4, 0.5) is 0 Å². The van der Waals surface area contributed by atoms with Crippen molar-refractivity contribution in [1.82, 2.24) is 15.1 Å². The van der Waals surface area contributed by atoms with Crippen molar-refractivity contribution in [3.8, 4) is 0 Å². The lowest BCUT2D eigenvalue weighted by Crippen LogP contribution is -2.54. The van der Waals surface area contributed by atoms with Gasteiger partial charge in [-0.15, -0.1) is 0 Å². The molecule has 1 heterocycles. The number of amides is 2. The lowest BCUT2D eigenvalue weighted by molar-refractivity contribution is -0.149. The number of hydrogen-bond acceptors (Lipinski definition) is 4. The second-order valence-corrected chi connectivity index (χ2v) is 3.74. The Kier molecular flexibility index (Phi) is 4.05. The van der Waals surface area contributed by atoms with E-state index in [1.807, 2.05) is 0 Å². The first-order valence-electron chi connectivity index (χ1n) is 4.89. The normalized spacial score (nSPS) is 19.7. The number of aliphatic hydroxyl groups is 1. The Morgan fingerprint density at radius 2 is 2.07 bits per heavy atom. The van der Waals surface area contributed by atoms with Crippen molar-refractivity contribution in [2.24, 2.45) is 0 Å². The first kappa shape index (κ1) is 11.9. The van der Waals surface area contributed by atoms with E-state index in [1.54, 1.807) is 14.1 Å². The van der Waals surface area contributed by atoms with E-state index in [0.717, 1.165) is 0 Å². The molecule has 0 bridgehead atoms. The van der Waals surface area contributed by atoms with Crippen LogP contribution in [0.15, 0.2) is 0 Å². The van der Waals surface area contributed by atoms with Crippen molar-refractivity contribution in [3.63, 3.8) is 0 Å². The van der Waals surface area contributed by atoms with Crippen molar-refractivity contribution in [2.45, 2.75) is 6.10 Å². The van der Waals surface area contributed by atoms with Crippen molar-refractivity contribution in [1.29, 1.82) is 0 Å². The highest BCUT2D eigenvalue weighted by molar-refractivity contribution is 5.92. The van der Waals surface area contributed by atoms with Crippen LogP contribution >= 0.6 is 0 Å². The predicted molar refractivity (Wildman–Crippen MR) is 54.2 cm³/mol. The smallest absolute Gasteiger partial charge is 0.242 e. The topological polar surface area (TPSA) is 72.9 Å². The summed E-state index contributed by atoms with van der Waals surface area (Å²) in [4.78, 5) is 25.6. The molecule has 1 aliphatic heterocycles. The highest BCUT2D eigenvalue weighted by atomic mass is 16.3. The van der Waals surface area contributed by atoms with Crippen molar-refractivity contribution in [2.75, 3.05) is 40.3 Å². The third kappa shape index (κ3) is 3.17. The summed E-state index contributed by atoms with van der Waals surface area (Å²) in [6.07, 6.45) is -0.629. The minimum absolute atomic E-state index is 0.0656. The molecule has 1 rings (SSSR count). The number of piperazine rings is 1. The van der Waals surface area contributed by atoms with Gasteiger partial charge in [-0.25, -0.2) is 0 Å². The number of rotatable bonds is 4. The summed E-state index contributed by atoms with van der Waals surface area (Å²) in [6, 6.07) is 0. The molecule has 1 aliphatic rings. The van der Waals surface area contributed by atoms with Crippen LogP contribution in [0.25, 0.3) is 0 Å². The first-order valence-corrected chi connectivity index (χ1v) is 4.89. The maximum absolute atomic E-state index is 11.5. The number of aliphatic hydroxyl groups excluding tert-OH is 1. The summed E-state index contributed by atoms with van der Waals surface area (Å²) in [5.41, 5.74) is 0. The van der Waals surface area contributed by atoms with Gasteiger partial charge in [0.15, 0.2) is 0 Å². The Morgan fingerprint density at radius 1 is 1.40 bits per heavy atom. The number of likely N-dealkylation sites (N-methyl/N-ethyl adjacent to an activating group) is 2. The largest absolute Gasteiger partial charge is 0.390 e. The zero-order valence-electron chi connectivity index (χ0n) is 9.06. The molecule has 0 aromatic carbocycles. The quantitative estimate of drug-likeness (QED) is 0.562. The fraction of sp³-hybridized carbons (Fsp3) is 0.778. The molecule has 15 heavy (non-hydrogen) atoms. The third-order valence-corrected chi connectivity index (χ3v) is 2.35. The summed E-state index contributed by atoms with van der Waals surface area (Å²) >= 11 is 0. The molecule has 2 amide bonds. The Hall–Kier alpha value is -1.14. The highest BCUT2D eigenvalue weighted by Gasteiger charge is 2.28. The van der Waals surface area contributed by atoms with Crippen LogP contribution in [0.2, 0.25) is 0 Å². The number of nitrogens with one attached hydrogen (secondary N) is 1.